The van der Waals surface area contributed by atoms with Crippen LogP contribution < -0.4 is 10.5 Å². The van der Waals surface area contributed by atoms with Gasteiger partial charge in [0.2, 0.25) is 0 Å². The first-order chi connectivity index (χ1) is 7.72. The van der Waals surface area contributed by atoms with Crippen molar-refractivity contribution < 1.29 is 4.74 Å². The lowest BCUT2D eigenvalue weighted by Gasteiger charge is -2.26. The Morgan fingerprint density at radius 1 is 1.44 bits per heavy atom. The largest absolute Gasteiger partial charge is 0.493 e. The first kappa shape index (κ1) is 11.5. The van der Waals surface area contributed by atoms with E-state index in [9.17, 15) is 0 Å². The number of hydrogen-bond donors (Lipinski definition) is 1. The fraction of sp³-hybridized carbons (Fsp3) is 0.571. The summed E-state index contributed by atoms with van der Waals surface area (Å²) >= 11 is 0. The number of fused-ring (bicyclic) bond motifs is 1. The molecule has 1 aromatic carbocycles. The zero-order valence-electron chi connectivity index (χ0n) is 10.2. The smallest absolute Gasteiger partial charge is 0.122 e. The van der Waals surface area contributed by atoms with Crippen molar-refractivity contribution in [3.8, 4) is 5.75 Å². The van der Waals surface area contributed by atoms with Gasteiger partial charge in [0.15, 0.2) is 0 Å². The van der Waals surface area contributed by atoms with Gasteiger partial charge in [-0.1, -0.05) is 26.0 Å². The minimum atomic E-state index is 0.575. The minimum Gasteiger partial charge on any atom is -0.493 e. The Morgan fingerprint density at radius 2 is 2.25 bits per heavy atom. The van der Waals surface area contributed by atoms with E-state index in [-0.39, 0.29) is 0 Å². The molecule has 1 aliphatic rings. The molecule has 0 saturated carbocycles. The van der Waals surface area contributed by atoms with Crippen LogP contribution in [0.1, 0.15) is 49.7 Å². The molecule has 2 N–H and O–H groups in total. The fourth-order valence-electron chi connectivity index (χ4n) is 2.34. The summed E-state index contributed by atoms with van der Waals surface area (Å²) in [7, 11) is 0. The monoisotopic (exact) mass is 219 g/mol. The van der Waals surface area contributed by atoms with E-state index in [1.165, 1.54) is 11.1 Å². The number of hydrogen-bond acceptors (Lipinski definition) is 2. The van der Waals surface area contributed by atoms with Gasteiger partial charge in [0.05, 0.1) is 6.61 Å². The first-order valence-electron chi connectivity index (χ1n) is 6.19. The van der Waals surface area contributed by atoms with E-state index < -0.39 is 0 Å². The van der Waals surface area contributed by atoms with E-state index >= 15 is 0 Å². The fourth-order valence-corrected chi connectivity index (χ4v) is 2.34. The lowest BCUT2D eigenvalue weighted by Crippen LogP contribution is -2.17. The Labute approximate surface area is 97.8 Å². The van der Waals surface area contributed by atoms with Crippen molar-refractivity contribution in [1.29, 1.82) is 0 Å². The summed E-state index contributed by atoms with van der Waals surface area (Å²) in [4.78, 5) is 0. The first-order valence-corrected chi connectivity index (χ1v) is 6.19. The van der Waals surface area contributed by atoms with Crippen LogP contribution in [0, 0.1) is 0 Å². The summed E-state index contributed by atoms with van der Waals surface area (Å²) in [5, 5.41) is 0. The summed E-state index contributed by atoms with van der Waals surface area (Å²) in [6.07, 6.45) is 2.17. The summed E-state index contributed by atoms with van der Waals surface area (Å²) in [6, 6.07) is 6.60. The normalized spacial score (nSPS) is 19.4. The van der Waals surface area contributed by atoms with Crippen molar-refractivity contribution in [3.63, 3.8) is 0 Å². The van der Waals surface area contributed by atoms with Gasteiger partial charge >= 0.3 is 0 Å². The summed E-state index contributed by atoms with van der Waals surface area (Å²) in [5.74, 6) is 2.23. The maximum atomic E-state index is 5.69. The van der Waals surface area contributed by atoms with Crippen molar-refractivity contribution in [2.45, 2.75) is 38.5 Å². The number of benzene rings is 1. The lowest BCUT2D eigenvalue weighted by molar-refractivity contribution is 0.264. The molecular formula is C14H21NO. The van der Waals surface area contributed by atoms with E-state index in [2.05, 4.69) is 32.0 Å². The molecule has 0 radical (unpaired) electrons. The lowest BCUT2D eigenvalue weighted by atomic mass is 9.87. The van der Waals surface area contributed by atoms with Gasteiger partial charge in [-0.2, -0.15) is 0 Å². The van der Waals surface area contributed by atoms with Crippen molar-refractivity contribution >= 4 is 0 Å². The second kappa shape index (κ2) is 4.88. The summed E-state index contributed by atoms with van der Waals surface area (Å²) in [5.41, 5.74) is 8.43. The highest BCUT2D eigenvalue weighted by Crippen LogP contribution is 2.37. The molecule has 0 aliphatic carbocycles. The van der Waals surface area contributed by atoms with Gasteiger partial charge in [-0.05, 0) is 48.4 Å². The zero-order valence-corrected chi connectivity index (χ0v) is 10.2. The van der Waals surface area contributed by atoms with Crippen LogP contribution in [-0.2, 0) is 0 Å². The standard InChI is InChI=1S/C14H21NO/c1-10(2)12-3-4-14-13(9-12)11(5-7-15)6-8-16-14/h3-4,9-11H,5-8,15H2,1-2H3. The average Bonchev–Trinajstić information content (AvgIpc) is 2.29. The average molecular weight is 219 g/mol. The molecule has 1 heterocycles. The number of ether oxygens (including phenoxy) is 1. The molecule has 0 spiro atoms. The highest BCUT2D eigenvalue weighted by atomic mass is 16.5. The Hall–Kier alpha value is -1.02. The molecule has 1 atom stereocenters. The third-order valence-electron chi connectivity index (χ3n) is 3.38. The maximum Gasteiger partial charge on any atom is 0.122 e. The molecule has 2 nitrogen and oxygen atoms in total. The molecule has 2 heteroatoms. The van der Waals surface area contributed by atoms with Gasteiger partial charge < -0.3 is 10.5 Å². The van der Waals surface area contributed by atoms with Crippen LogP contribution in [0.3, 0.4) is 0 Å². The van der Waals surface area contributed by atoms with Crippen molar-refractivity contribution in [2.75, 3.05) is 13.2 Å². The van der Waals surface area contributed by atoms with Crippen LogP contribution >= 0.6 is 0 Å². The second-order valence-electron chi connectivity index (χ2n) is 4.86. The predicted molar refractivity (Wildman–Crippen MR) is 67.1 cm³/mol. The van der Waals surface area contributed by atoms with Gasteiger partial charge in [-0.15, -0.1) is 0 Å². The van der Waals surface area contributed by atoms with Crippen LogP contribution in [-0.4, -0.2) is 13.2 Å². The molecule has 1 aliphatic heterocycles. The molecule has 0 fully saturated rings. The van der Waals surface area contributed by atoms with Crippen molar-refractivity contribution in [2.24, 2.45) is 5.73 Å². The Bertz CT molecular complexity index is 360. The van der Waals surface area contributed by atoms with E-state index in [1.807, 2.05) is 0 Å². The Kier molecular flexibility index (Phi) is 3.49. The molecule has 16 heavy (non-hydrogen) atoms. The Morgan fingerprint density at radius 3 is 2.94 bits per heavy atom. The third kappa shape index (κ3) is 2.22. The van der Waals surface area contributed by atoms with E-state index in [0.717, 1.165) is 31.7 Å². The molecule has 88 valence electrons. The molecule has 0 aromatic heterocycles. The predicted octanol–water partition coefficient (Wildman–Crippen LogP) is 3.02. The molecule has 1 unspecified atom stereocenters. The van der Waals surface area contributed by atoms with Gasteiger partial charge in [-0.25, -0.2) is 0 Å². The van der Waals surface area contributed by atoms with E-state index in [4.69, 9.17) is 10.5 Å². The molecular weight excluding hydrogens is 198 g/mol. The minimum absolute atomic E-state index is 0.575. The highest BCUT2D eigenvalue weighted by molar-refractivity contribution is 5.42. The SMILES string of the molecule is CC(C)c1ccc2c(c1)C(CCN)CCO2. The maximum absolute atomic E-state index is 5.69. The van der Waals surface area contributed by atoms with Gasteiger partial charge in [0.25, 0.3) is 0 Å². The van der Waals surface area contributed by atoms with Crippen LogP contribution in [0.4, 0.5) is 0 Å². The summed E-state index contributed by atoms with van der Waals surface area (Å²) in [6.45, 7) is 6.04. The molecule has 2 rings (SSSR count). The molecule has 0 amide bonds. The van der Waals surface area contributed by atoms with E-state index in [0.29, 0.717) is 11.8 Å². The van der Waals surface area contributed by atoms with Crippen LogP contribution in [0.15, 0.2) is 18.2 Å². The van der Waals surface area contributed by atoms with Gasteiger partial charge in [0.1, 0.15) is 5.75 Å². The second-order valence-corrected chi connectivity index (χ2v) is 4.86. The van der Waals surface area contributed by atoms with Crippen LogP contribution in [0.5, 0.6) is 5.75 Å². The number of rotatable bonds is 3. The third-order valence-corrected chi connectivity index (χ3v) is 3.38. The van der Waals surface area contributed by atoms with Gasteiger partial charge in [0, 0.05) is 0 Å². The van der Waals surface area contributed by atoms with Crippen LogP contribution in [0.2, 0.25) is 0 Å². The zero-order chi connectivity index (χ0) is 11.5. The molecule has 0 saturated heterocycles. The molecule has 0 bridgehead atoms. The van der Waals surface area contributed by atoms with Crippen molar-refractivity contribution in [1.82, 2.24) is 0 Å². The van der Waals surface area contributed by atoms with E-state index in [1.54, 1.807) is 0 Å². The van der Waals surface area contributed by atoms with Gasteiger partial charge in [-0.3, -0.25) is 0 Å². The topological polar surface area (TPSA) is 35.2 Å². The quantitative estimate of drug-likeness (QED) is 0.848. The van der Waals surface area contributed by atoms with Crippen LogP contribution in [0.25, 0.3) is 0 Å². The number of nitrogens with two attached hydrogens (primary N) is 1. The molecule has 1 aromatic rings. The Balaban J connectivity index is 2.32. The van der Waals surface area contributed by atoms with Crippen molar-refractivity contribution in [3.05, 3.63) is 29.3 Å². The highest BCUT2D eigenvalue weighted by Gasteiger charge is 2.21. The summed E-state index contributed by atoms with van der Waals surface area (Å²) < 4.78 is 5.69.